The molecule has 18 heavy (non-hydrogen) atoms. The van der Waals surface area contributed by atoms with E-state index in [2.05, 4.69) is 47.1 Å². The Morgan fingerprint density at radius 3 is 3.11 bits per heavy atom. The molecule has 0 fully saturated rings. The first-order chi connectivity index (χ1) is 8.76. The minimum atomic E-state index is 0.869. The van der Waals surface area contributed by atoms with E-state index in [0.717, 1.165) is 10.4 Å². The summed E-state index contributed by atoms with van der Waals surface area (Å²) < 4.78 is 1.12. The van der Waals surface area contributed by atoms with Crippen LogP contribution in [0.1, 0.15) is 30.3 Å². The van der Waals surface area contributed by atoms with Gasteiger partial charge >= 0.3 is 0 Å². The van der Waals surface area contributed by atoms with Crippen LogP contribution >= 0.6 is 27.3 Å². The predicted octanol–water partition coefficient (Wildman–Crippen LogP) is 5.09. The lowest BCUT2D eigenvalue weighted by Crippen LogP contribution is -2.11. The second-order valence-corrected chi connectivity index (χ2v) is 6.92. The molecule has 0 amide bonds. The number of aryl methyl sites for hydroxylation is 1. The van der Waals surface area contributed by atoms with Gasteiger partial charge in [-0.1, -0.05) is 41.4 Å². The minimum Gasteiger partial charge on any atom is -0.241 e. The SMILES string of the molecule is CCC1CCc2nc(-c3cccc(Br)c3)sc2C1. The van der Waals surface area contributed by atoms with Crippen molar-refractivity contribution in [3.63, 3.8) is 0 Å². The number of thiazole rings is 1. The molecule has 0 N–H and O–H groups in total. The Labute approximate surface area is 120 Å². The van der Waals surface area contributed by atoms with Crippen LogP contribution in [0.25, 0.3) is 10.6 Å². The molecule has 0 saturated heterocycles. The van der Waals surface area contributed by atoms with Crippen molar-refractivity contribution in [1.29, 1.82) is 0 Å². The monoisotopic (exact) mass is 321 g/mol. The maximum absolute atomic E-state index is 4.83. The standard InChI is InChI=1S/C15H16BrNS/c1-2-10-6-7-13-14(8-10)18-15(17-13)11-4-3-5-12(16)9-11/h3-5,9-10H,2,6-8H2,1H3. The lowest BCUT2D eigenvalue weighted by molar-refractivity contribution is 0.446. The Morgan fingerprint density at radius 1 is 1.44 bits per heavy atom. The third kappa shape index (κ3) is 2.39. The van der Waals surface area contributed by atoms with E-state index in [4.69, 9.17) is 4.98 Å². The number of nitrogens with zero attached hydrogens (tertiary/aromatic N) is 1. The highest BCUT2D eigenvalue weighted by Crippen LogP contribution is 2.35. The average molecular weight is 322 g/mol. The fourth-order valence-corrected chi connectivity index (χ4v) is 4.15. The minimum absolute atomic E-state index is 0.869. The van der Waals surface area contributed by atoms with E-state index in [0.29, 0.717) is 0 Å². The summed E-state index contributed by atoms with van der Waals surface area (Å²) in [5.74, 6) is 0.869. The number of halogens is 1. The summed E-state index contributed by atoms with van der Waals surface area (Å²) in [5, 5.41) is 1.18. The Hall–Kier alpha value is -0.670. The number of hydrogen-bond donors (Lipinski definition) is 0. The molecule has 0 saturated carbocycles. The van der Waals surface area contributed by atoms with Crippen LogP contribution in [0.2, 0.25) is 0 Å². The first-order valence-electron chi connectivity index (χ1n) is 6.50. The zero-order valence-corrected chi connectivity index (χ0v) is 12.9. The molecular formula is C15H16BrNS. The van der Waals surface area contributed by atoms with Crippen molar-refractivity contribution in [2.24, 2.45) is 5.92 Å². The van der Waals surface area contributed by atoms with Crippen molar-refractivity contribution in [1.82, 2.24) is 4.98 Å². The van der Waals surface area contributed by atoms with E-state index < -0.39 is 0 Å². The molecule has 1 heterocycles. The van der Waals surface area contributed by atoms with Gasteiger partial charge in [0.1, 0.15) is 5.01 Å². The Kier molecular flexibility index (Phi) is 3.53. The van der Waals surface area contributed by atoms with Gasteiger partial charge < -0.3 is 0 Å². The molecule has 2 aromatic rings. The largest absolute Gasteiger partial charge is 0.241 e. The van der Waals surface area contributed by atoms with Gasteiger partial charge in [0, 0.05) is 14.9 Å². The maximum Gasteiger partial charge on any atom is 0.123 e. The molecule has 3 rings (SSSR count). The van der Waals surface area contributed by atoms with Crippen LogP contribution in [0.3, 0.4) is 0 Å². The molecule has 1 aromatic carbocycles. The number of fused-ring (bicyclic) bond motifs is 1. The van der Waals surface area contributed by atoms with Crippen molar-refractivity contribution in [2.45, 2.75) is 32.6 Å². The number of benzene rings is 1. The average Bonchev–Trinajstić information content (AvgIpc) is 2.81. The molecule has 1 aliphatic rings. The zero-order valence-electron chi connectivity index (χ0n) is 10.4. The summed E-state index contributed by atoms with van der Waals surface area (Å²) in [4.78, 5) is 6.35. The highest BCUT2D eigenvalue weighted by Gasteiger charge is 2.21. The van der Waals surface area contributed by atoms with Crippen LogP contribution in [0.4, 0.5) is 0 Å². The molecule has 1 atom stereocenters. The van der Waals surface area contributed by atoms with Gasteiger partial charge in [-0.2, -0.15) is 0 Å². The molecule has 3 heteroatoms. The smallest absolute Gasteiger partial charge is 0.123 e. The van der Waals surface area contributed by atoms with Crippen molar-refractivity contribution >= 4 is 27.3 Å². The van der Waals surface area contributed by atoms with Gasteiger partial charge in [0.25, 0.3) is 0 Å². The van der Waals surface area contributed by atoms with Crippen LogP contribution in [-0.2, 0) is 12.8 Å². The second-order valence-electron chi connectivity index (χ2n) is 4.92. The third-order valence-electron chi connectivity index (χ3n) is 3.69. The van der Waals surface area contributed by atoms with Gasteiger partial charge in [-0.15, -0.1) is 11.3 Å². The molecule has 1 aliphatic carbocycles. The quantitative estimate of drug-likeness (QED) is 0.751. The van der Waals surface area contributed by atoms with E-state index in [1.807, 2.05) is 11.3 Å². The lowest BCUT2D eigenvalue weighted by Gasteiger charge is -2.18. The van der Waals surface area contributed by atoms with Crippen LogP contribution in [0.5, 0.6) is 0 Å². The van der Waals surface area contributed by atoms with Crippen LogP contribution in [0, 0.1) is 5.92 Å². The summed E-state index contributed by atoms with van der Waals surface area (Å²) in [7, 11) is 0. The topological polar surface area (TPSA) is 12.9 Å². The molecule has 1 nitrogen and oxygen atoms in total. The maximum atomic E-state index is 4.83. The van der Waals surface area contributed by atoms with Crippen molar-refractivity contribution in [2.75, 3.05) is 0 Å². The Balaban J connectivity index is 1.94. The highest BCUT2D eigenvalue weighted by atomic mass is 79.9. The summed E-state index contributed by atoms with van der Waals surface area (Å²) in [5.41, 5.74) is 2.58. The summed E-state index contributed by atoms with van der Waals surface area (Å²) >= 11 is 5.41. The van der Waals surface area contributed by atoms with Crippen LogP contribution in [-0.4, -0.2) is 4.98 Å². The number of hydrogen-bond acceptors (Lipinski definition) is 2. The van der Waals surface area contributed by atoms with Crippen LogP contribution < -0.4 is 0 Å². The van der Waals surface area contributed by atoms with E-state index in [1.54, 1.807) is 0 Å². The van der Waals surface area contributed by atoms with Gasteiger partial charge in [0.15, 0.2) is 0 Å². The lowest BCUT2D eigenvalue weighted by atomic mass is 9.89. The first kappa shape index (κ1) is 12.4. The highest BCUT2D eigenvalue weighted by molar-refractivity contribution is 9.10. The molecule has 1 aromatic heterocycles. The first-order valence-corrected chi connectivity index (χ1v) is 8.11. The van der Waals surface area contributed by atoms with Gasteiger partial charge in [0.2, 0.25) is 0 Å². The summed E-state index contributed by atoms with van der Waals surface area (Å²) in [6.07, 6.45) is 5.00. The summed E-state index contributed by atoms with van der Waals surface area (Å²) in [6, 6.07) is 8.44. The molecule has 1 unspecified atom stereocenters. The van der Waals surface area contributed by atoms with Gasteiger partial charge in [0.05, 0.1) is 5.69 Å². The van der Waals surface area contributed by atoms with E-state index in [9.17, 15) is 0 Å². The zero-order chi connectivity index (χ0) is 12.5. The molecule has 0 spiro atoms. The fourth-order valence-electron chi connectivity index (χ4n) is 2.54. The molecule has 0 aliphatic heterocycles. The van der Waals surface area contributed by atoms with Crippen molar-refractivity contribution in [3.8, 4) is 10.6 Å². The molecule has 94 valence electrons. The molecule has 0 radical (unpaired) electrons. The van der Waals surface area contributed by atoms with Gasteiger partial charge in [-0.3, -0.25) is 0 Å². The van der Waals surface area contributed by atoms with E-state index in [-0.39, 0.29) is 0 Å². The van der Waals surface area contributed by atoms with E-state index >= 15 is 0 Å². The normalized spacial score (nSPS) is 18.7. The van der Waals surface area contributed by atoms with Crippen LogP contribution in [0.15, 0.2) is 28.7 Å². The van der Waals surface area contributed by atoms with Crippen molar-refractivity contribution < 1.29 is 0 Å². The Morgan fingerprint density at radius 2 is 2.33 bits per heavy atom. The number of aromatic nitrogens is 1. The molecular weight excluding hydrogens is 306 g/mol. The van der Waals surface area contributed by atoms with Crippen molar-refractivity contribution in [3.05, 3.63) is 39.3 Å². The third-order valence-corrected chi connectivity index (χ3v) is 5.35. The van der Waals surface area contributed by atoms with Gasteiger partial charge in [-0.05, 0) is 37.3 Å². The number of rotatable bonds is 2. The summed E-state index contributed by atoms with van der Waals surface area (Å²) in [6.45, 7) is 2.30. The Bertz CT molecular complexity index is 561. The second kappa shape index (κ2) is 5.14. The predicted molar refractivity (Wildman–Crippen MR) is 81.1 cm³/mol. The van der Waals surface area contributed by atoms with E-state index in [1.165, 1.54) is 46.8 Å². The fraction of sp³-hybridized carbons (Fsp3) is 0.400. The molecule has 0 bridgehead atoms. The van der Waals surface area contributed by atoms with Gasteiger partial charge in [-0.25, -0.2) is 4.98 Å².